The minimum atomic E-state index is -0.807. The summed E-state index contributed by atoms with van der Waals surface area (Å²) in [6.07, 6.45) is 3.13. The number of nitrogens with zero attached hydrogens (tertiary/aromatic N) is 2. The summed E-state index contributed by atoms with van der Waals surface area (Å²) in [5.74, 6) is -0.889. The van der Waals surface area contributed by atoms with Crippen LogP contribution in [-0.2, 0) is 4.79 Å². The molecule has 0 aliphatic heterocycles. The molecule has 0 atom stereocenters. The zero-order valence-electron chi connectivity index (χ0n) is 15.7. The third-order valence-electron chi connectivity index (χ3n) is 4.00. The van der Waals surface area contributed by atoms with Gasteiger partial charge in [0.1, 0.15) is 0 Å². The summed E-state index contributed by atoms with van der Waals surface area (Å²) >= 11 is 0. The molecule has 0 heterocycles. The van der Waals surface area contributed by atoms with E-state index in [-0.39, 0.29) is 11.5 Å². The summed E-state index contributed by atoms with van der Waals surface area (Å²) in [5, 5.41) is 27.2. The Bertz CT molecular complexity index is 912. The highest BCUT2D eigenvalue weighted by Crippen LogP contribution is 2.24. The minimum absolute atomic E-state index is 0.142. The van der Waals surface area contributed by atoms with E-state index in [0.29, 0.717) is 17.8 Å². The second kappa shape index (κ2) is 9.93. The van der Waals surface area contributed by atoms with Crippen molar-refractivity contribution in [2.24, 2.45) is 0 Å². The molecule has 152 valence electrons. The van der Waals surface area contributed by atoms with Crippen molar-refractivity contribution in [2.45, 2.75) is 32.6 Å². The van der Waals surface area contributed by atoms with Crippen molar-refractivity contribution in [3.05, 3.63) is 68.3 Å². The molecule has 2 amide bonds. The lowest BCUT2D eigenvalue weighted by Gasteiger charge is -2.09. The number of nitro benzene ring substituents is 2. The molecule has 2 aromatic rings. The Labute approximate surface area is 166 Å². The van der Waals surface area contributed by atoms with Gasteiger partial charge in [0.2, 0.25) is 5.91 Å². The van der Waals surface area contributed by atoms with Gasteiger partial charge in [-0.25, -0.2) is 0 Å². The number of anilines is 2. The molecule has 10 nitrogen and oxygen atoms in total. The molecule has 0 aliphatic rings. The van der Waals surface area contributed by atoms with Gasteiger partial charge in [-0.3, -0.25) is 29.8 Å². The first-order chi connectivity index (χ1) is 13.8. The first-order valence-corrected chi connectivity index (χ1v) is 8.95. The molecule has 0 spiro atoms. The van der Waals surface area contributed by atoms with Gasteiger partial charge in [0, 0.05) is 29.9 Å². The number of non-ortho nitro benzene ring substituents is 2. The largest absolute Gasteiger partial charge is 0.326 e. The summed E-state index contributed by atoms with van der Waals surface area (Å²) in [5.41, 5.74) is -0.528. The van der Waals surface area contributed by atoms with Gasteiger partial charge in [0.05, 0.1) is 21.5 Å². The number of nitro groups is 2. The Balaban J connectivity index is 2.14. The topological polar surface area (TPSA) is 144 Å². The van der Waals surface area contributed by atoms with Crippen LogP contribution in [0.4, 0.5) is 22.7 Å². The normalized spacial score (nSPS) is 10.2. The molecule has 2 aromatic carbocycles. The number of rotatable bonds is 9. The third-order valence-corrected chi connectivity index (χ3v) is 4.00. The Hall–Kier alpha value is -3.82. The maximum Gasteiger partial charge on any atom is 0.277 e. The van der Waals surface area contributed by atoms with Crippen LogP contribution in [0.1, 0.15) is 43.0 Å². The number of hydrogen-bond acceptors (Lipinski definition) is 6. The summed E-state index contributed by atoms with van der Waals surface area (Å²) < 4.78 is 0. The van der Waals surface area contributed by atoms with Gasteiger partial charge in [0.25, 0.3) is 17.3 Å². The first kappa shape index (κ1) is 21.5. The maximum absolute atomic E-state index is 12.4. The predicted octanol–water partition coefficient (Wildman–Crippen LogP) is 4.27. The molecule has 0 saturated carbocycles. The molecule has 0 aromatic heterocycles. The van der Waals surface area contributed by atoms with Crippen molar-refractivity contribution in [1.29, 1.82) is 0 Å². The number of benzene rings is 2. The van der Waals surface area contributed by atoms with Crippen LogP contribution in [-0.4, -0.2) is 21.7 Å². The second-order valence-corrected chi connectivity index (χ2v) is 6.29. The van der Waals surface area contributed by atoms with Crippen LogP contribution < -0.4 is 10.6 Å². The minimum Gasteiger partial charge on any atom is -0.326 e. The average molecular weight is 400 g/mol. The lowest BCUT2D eigenvalue weighted by atomic mass is 10.1. The Morgan fingerprint density at radius 2 is 1.48 bits per heavy atom. The number of carbonyl (C=O) groups excluding carboxylic acids is 2. The fourth-order valence-electron chi connectivity index (χ4n) is 2.57. The van der Waals surface area contributed by atoms with E-state index in [4.69, 9.17) is 0 Å². The Morgan fingerprint density at radius 1 is 0.897 bits per heavy atom. The number of hydrogen-bond donors (Lipinski definition) is 2. The van der Waals surface area contributed by atoms with Gasteiger partial charge in [0.15, 0.2) is 0 Å². The van der Waals surface area contributed by atoms with E-state index in [0.717, 1.165) is 37.5 Å². The monoisotopic (exact) mass is 400 g/mol. The van der Waals surface area contributed by atoms with Gasteiger partial charge in [-0.15, -0.1) is 0 Å². The molecule has 0 saturated heterocycles. The van der Waals surface area contributed by atoms with Crippen LogP contribution in [0.2, 0.25) is 0 Å². The zero-order valence-corrected chi connectivity index (χ0v) is 15.7. The molecule has 0 fully saturated rings. The zero-order chi connectivity index (χ0) is 21.4. The lowest BCUT2D eigenvalue weighted by Crippen LogP contribution is -2.14. The second-order valence-electron chi connectivity index (χ2n) is 6.29. The standard InChI is InChI=1S/C19H20N4O6/c1-2-3-4-8-18(24)20-14-6-5-7-15(11-14)21-19(25)13-9-16(22(26)27)12-17(10-13)23(28)29/h5-7,9-12H,2-4,8H2,1H3,(H,20,24)(H,21,25). The Morgan fingerprint density at radius 3 is 2.03 bits per heavy atom. The van der Waals surface area contributed by atoms with E-state index < -0.39 is 27.1 Å². The van der Waals surface area contributed by atoms with Crippen molar-refractivity contribution < 1.29 is 19.4 Å². The van der Waals surface area contributed by atoms with E-state index in [9.17, 15) is 29.8 Å². The Kier molecular flexibility index (Phi) is 7.35. The molecule has 0 aliphatic carbocycles. The molecule has 0 bridgehead atoms. The van der Waals surface area contributed by atoms with E-state index >= 15 is 0 Å². The summed E-state index contributed by atoms with van der Waals surface area (Å²) in [7, 11) is 0. The molecular formula is C19H20N4O6. The lowest BCUT2D eigenvalue weighted by molar-refractivity contribution is -0.394. The summed E-state index contributed by atoms with van der Waals surface area (Å²) in [6, 6.07) is 9.07. The quantitative estimate of drug-likeness (QED) is 0.365. The van der Waals surface area contributed by atoms with Gasteiger partial charge in [-0.05, 0) is 24.6 Å². The highest BCUT2D eigenvalue weighted by Gasteiger charge is 2.20. The van der Waals surface area contributed by atoms with Crippen LogP contribution >= 0.6 is 0 Å². The van der Waals surface area contributed by atoms with Crippen molar-refractivity contribution in [2.75, 3.05) is 10.6 Å². The first-order valence-electron chi connectivity index (χ1n) is 8.95. The smallest absolute Gasteiger partial charge is 0.277 e. The number of carbonyl (C=O) groups is 2. The highest BCUT2D eigenvalue weighted by molar-refractivity contribution is 6.05. The predicted molar refractivity (Wildman–Crippen MR) is 107 cm³/mol. The van der Waals surface area contributed by atoms with Crippen molar-refractivity contribution in [1.82, 2.24) is 0 Å². The van der Waals surface area contributed by atoms with Crippen LogP contribution in [0.25, 0.3) is 0 Å². The van der Waals surface area contributed by atoms with Crippen molar-refractivity contribution >= 4 is 34.6 Å². The molecule has 29 heavy (non-hydrogen) atoms. The number of amides is 2. The number of nitrogens with one attached hydrogen (secondary N) is 2. The average Bonchev–Trinajstić information content (AvgIpc) is 2.68. The SMILES string of the molecule is CCCCCC(=O)Nc1cccc(NC(=O)c2cc([N+](=O)[O-])cc([N+](=O)[O-])c2)c1. The fourth-order valence-corrected chi connectivity index (χ4v) is 2.57. The van der Waals surface area contributed by atoms with Crippen LogP contribution in [0, 0.1) is 20.2 Å². The van der Waals surface area contributed by atoms with Gasteiger partial charge >= 0.3 is 0 Å². The molecule has 0 radical (unpaired) electrons. The highest BCUT2D eigenvalue weighted by atomic mass is 16.6. The van der Waals surface area contributed by atoms with Crippen LogP contribution in [0.15, 0.2) is 42.5 Å². The van der Waals surface area contributed by atoms with E-state index in [1.807, 2.05) is 6.92 Å². The molecule has 0 unspecified atom stereocenters. The van der Waals surface area contributed by atoms with E-state index in [1.165, 1.54) is 6.07 Å². The van der Waals surface area contributed by atoms with Gasteiger partial charge < -0.3 is 10.6 Å². The van der Waals surface area contributed by atoms with Crippen LogP contribution in [0.3, 0.4) is 0 Å². The molecular weight excluding hydrogens is 380 g/mol. The summed E-state index contributed by atoms with van der Waals surface area (Å²) in [4.78, 5) is 44.7. The molecule has 10 heteroatoms. The molecule has 2 N–H and O–H groups in total. The maximum atomic E-state index is 12.4. The van der Waals surface area contributed by atoms with E-state index in [1.54, 1.807) is 18.2 Å². The summed E-state index contributed by atoms with van der Waals surface area (Å²) in [6.45, 7) is 2.04. The van der Waals surface area contributed by atoms with Gasteiger partial charge in [-0.1, -0.05) is 25.8 Å². The fraction of sp³-hybridized carbons (Fsp3) is 0.263. The van der Waals surface area contributed by atoms with E-state index in [2.05, 4.69) is 10.6 Å². The van der Waals surface area contributed by atoms with Crippen molar-refractivity contribution in [3.8, 4) is 0 Å². The number of unbranched alkanes of at least 4 members (excludes halogenated alkanes) is 2. The third kappa shape index (κ3) is 6.38. The molecule has 2 rings (SSSR count). The van der Waals surface area contributed by atoms with Gasteiger partial charge in [-0.2, -0.15) is 0 Å². The van der Waals surface area contributed by atoms with Crippen LogP contribution in [0.5, 0.6) is 0 Å². The van der Waals surface area contributed by atoms with Crippen molar-refractivity contribution in [3.63, 3.8) is 0 Å².